The Morgan fingerprint density at radius 3 is 2.90 bits per heavy atom. The van der Waals surface area contributed by atoms with E-state index in [0.29, 0.717) is 0 Å². The van der Waals surface area contributed by atoms with E-state index in [0.717, 1.165) is 23.5 Å². The maximum absolute atomic E-state index is 10.1. The maximum atomic E-state index is 10.1. The van der Waals surface area contributed by atoms with Crippen molar-refractivity contribution < 1.29 is 4.92 Å². The molecule has 0 N–H and O–H groups in total. The smallest absolute Gasteiger partial charge is 0.357 e. The molecular formula is C5H6N2O2S. The molecule has 1 heterocycles. The summed E-state index contributed by atoms with van der Waals surface area (Å²) in [5.41, 5.74) is 0.789. The van der Waals surface area contributed by atoms with E-state index in [1.54, 1.807) is 5.38 Å². The third-order valence-corrected chi connectivity index (χ3v) is 1.90. The number of hydrogen-bond donors (Lipinski definition) is 0. The molecule has 0 aromatic carbocycles. The fourth-order valence-electron chi connectivity index (χ4n) is 0.543. The van der Waals surface area contributed by atoms with Crippen molar-refractivity contribution in [3.05, 3.63) is 21.2 Å². The van der Waals surface area contributed by atoms with Gasteiger partial charge < -0.3 is 10.1 Å². The second kappa shape index (κ2) is 2.74. The zero-order chi connectivity index (χ0) is 7.56. The second-order valence-corrected chi connectivity index (χ2v) is 2.57. The van der Waals surface area contributed by atoms with Crippen molar-refractivity contribution in [3.63, 3.8) is 0 Å². The number of rotatable bonds is 2. The van der Waals surface area contributed by atoms with Crippen molar-refractivity contribution in [1.29, 1.82) is 0 Å². The summed E-state index contributed by atoms with van der Waals surface area (Å²) in [7, 11) is 0. The maximum Gasteiger partial charge on any atom is 0.423 e. The Balaban J connectivity index is 2.88. The highest BCUT2D eigenvalue weighted by molar-refractivity contribution is 7.12. The summed E-state index contributed by atoms with van der Waals surface area (Å²) < 4.78 is 0. The van der Waals surface area contributed by atoms with Gasteiger partial charge in [-0.15, -0.1) is 0 Å². The molecule has 1 rings (SSSR count). The summed E-state index contributed by atoms with van der Waals surface area (Å²) in [4.78, 5) is 13.4. The monoisotopic (exact) mass is 158 g/mol. The Hall–Kier alpha value is -0.970. The van der Waals surface area contributed by atoms with Crippen LogP contribution in [0.2, 0.25) is 0 Å². The third-order valence-electron chi connectivity index (χ3n) is 1.06. The largest absolute Gasteiger partial charge is 0.423 e. The Labute approximate surface area is 61.7 Å². The SMILES string of the molecule is CCc1csc([N+](=O)[O-])n1. The molecule has 0 bridgehead atoms. The van der Waals surface area contributed by atoms with Crippen molar-refractivity contribution in [3.8, 4) is 0 Å². The minimum atomic E-state index is -0.468. The van der Waals surface area contributed by atoms with E-state index in [9.17, 15) is 10.1 Å². The van der Waals surface area contributed by atoms with Crippen molar-refractivity contribution in [2.45, 2.75) is 13.3 Å². The predicted molar refractivity (Wildman–Crippen MR) is 38.1 cm³/mol. The van der Waals surface area contributed by atoms with E-state index in [1.165, 1.54) is 0 Å². The summed E-state index contributed by atoms with van der Waals surface area (Å²) >= 11 is 1.07. The highest BCUT2D eigenvalue weighted by Gasteiger charge is 2.11. The van der Waals surface area contributed by atoms with Crippen LogP contribution in [0.3, 0.4) is 0 Å². The van der Waals surface area contributed by atoms with Crippen LogP contribution in [-0.2, 0) is 6.42 Å². The molecular weight excluding hydrogens is 152 g/mol. The van der Waals surface area contributed by atoms with E-state index in [2.05, 4.69) is 4.98 Å². The van der Waals surface area contributed by atoms with Gasteiger partial charge in [0.1, 0.15) is 0 Å². The molecule has 0 aliphatic heterocycles. The topological polar surface area (TPSA) is 56.0 Å². The average molecular weight is 158 g/mol. The molecule has 0 atom stereocenters. The molecule has 0 aliphatic carbocycles. The lowest BCUT2D eigenvalue weighted by atomic mass is 10.4. The summed E-state index contributed by atoms with van der Waals surface area (Å²) in [5, 5.41) is 11.8. The number of hydrogen-bond acceptors (Lipinski definition) is 4. The van der Waals surface area contributed by atoms with E-state index in [4.69, 9.17) is 0 Å². The molecule has 0 amide bonds. The van der Waals surface area contributed by atoms with Gasteiger partial charge in [0.05, 0.1) is 0 Å². The van der Waals surface area contributed by atoms with Crippen molar-refractivity contribution >= 4 is 16.5 Å². The van der Waals surface area contributed by atoms with E-state index < -0.39 is 4.92 Å². The molecule has 1 aromatic rings. The van der Waals surface area contributed by atoms with Crippen LogP contribution in [-0.4, -0.2) is 9.91 Å². The van der Waals surface area contributed by atoms with Crippen LogP contribution in [0.15, 0.2) is 5.38 Å². The highest BCUT2D eigenvalue weighted by Crippen LogP contribution is 2.17. The molecule has 0 saturated carbocycles. The zero-order valence-electron chi connectivity index (χ0n) is 5.40. The van der Waals surface area contributed by atoms with Gasteiger partial charge in [-0.1, -0.05) is 6.92 Å². The number of aromatic nitrogens is 1. The van der Waals surface area contributed by atoms with Gasteiger partial charge in [0, 0.05) is 11.8 Å². The van der Waals surface area contributed by atoms with Gasteiger partial charge in [-0.25, -0.2) is 0 Å². The van der Waals surface area contributed by atoms with Gasteiger partial charge in [0.25, 0.3) is 0 Å². The van der Waals surface area contributed by atoms with Gasteiger partial charge in [0.15, 0.2) is 5.69 Å². The quantitative estimate of drug-likeness (QED) is 0.485. The molecule has 0 fully saturated rings. The molecule has 5 heteroatoms. The molecule has 54 valence electrons. The van der Waals surface area contributed by atoms with E-state index in [1.807, 2.05) is 6.92 Å². The summed E-state index contributed by atoms with van der Waals surface area (Å²) in [6, 6.07) is 0. The minimum absolute atomic E-state index is 0.0168. The molecule has 10 heavy (non-hydrogen) atoms. The van der Waals surface area contributed by atoms with Crippen LogP contribution in [0.1, 0.15) is 12.6 Å². The summed E-state index contributed by atoms with van der Waals surface area (Å²) in [6.45, 7) is 1.92. The first kappa shape index (κ1) is 7.14. The van der Waals surface area contributed by atoms with Gasteiger partial charge >= 0.3 is 5.13 Å². The fourth-order valence-corrected chi connectivity index (χ4v) is 1.26. The Kier molecular flexibility index (Phi) is 1.96. The first-order valence-electron chi connectivity index (χ1n) is 2.83. The number of thiazole rings is 1. The average Bonchev–Trinajstić information content (AvgIpc) is 2.34. The molecule has 0 aliphatic rings. The molecule has 1 aromatic heterocycles. The normalized spacial score (nSPS) is 9.70. The summed E-state index contributed by atoms with van der Waals surface area (Å²) in [6.07, 6.45) is 0.754. The molecule has 0 unspecified atom stereocenters. The Bertz CT molecular complexity index is 246. The zero-order valence-corrected chi connectivity index (χ0v) is 6.22. The van der Waals surface area contributed by atoms with Crippen LogP contribution in [0.25, 0.3) is 0 Å². The lowest BCUT2D eigenvalue weighted by molar-refractivity contribution is -0.384. The Morgan fingerprint density at radius 2 is 2.60 bits per heavy atom. The Morgan fingerprint density at radius 1 is 1.90 bits per heavy atom. The fraction of sp³-hybridized carbons (Fsp3) is 0.400. The molecule has 0 radical (unpaired) electrons. The van der Waals surface area contributed by atoms with Crippen molar-refractivity contribution in [2.24, 2.45) is 0 Å². The third kappa shape index (κ3) is 1.30. The van der Waals surface area contributed by atoms with E-state index in [-0.39, 0.29) is 5.13 Å². The van der Waals surface area contributed by atoms with Crippen LogP contribution in [0.4, 0.5) is 5.13 Å². The van der Waals surface area contributed by atoms with Crippen LogP contribution in [0.5, 0.6) is 0 Å². The second-order valence-electron chi connectivity index (χ2n) is 1.73. The molecule has 0 saturated heterocycles. The van der Waals surface area contributed by atoms with Crippen LogP contribution >= 0.6 is 11.3 Å². The van der Waals surface area contributed by atoms with Gasteiger partial charge in [0.2, 0.25) is 0 Å². The lowest BCUT2D eigenvalue weighted by Crippen LogP contribution is -1.86. The molecule has 0 spiro atoms. The highest BCUT2D eigenvalue weighted by atomic mass is 32.1. The van der Waals surface area contributed by atoms with Crippen LogP contribution in [0, 0.1) is 10.1 Å². The molecule has 4 nitrogen and oxygen atoms in total. The first-order valence-corrected chi connectivity index (χ1v) is 3.70. The summed E-state index contributed by atoms with van der Waals surface area (Å²) in [5.74, 6) is 0. The lowest BCUT2D eigenvalue weighted by Gasteiger charge is -1.81. The number of aryl methyl sites for hydroxylation is 1. The van der Waals surface area contributed by atoms with E-state index >= 15 is 0 Å². The van der Waals surface area contributed by atoms with Gasteiger partial charge in [-0.3, -0.25) is 0 Å². The predicted octanol–water partition coefficient (Wildman–Crippen LogP) is 1.61. The number of nitrogens with zero attached hydrogens (tertiary/aromatic N) is 2. The first-order chi connectivity index (χ1) is 4.74. The van der Waals surface area contributed by atoms with Gasteiger partial charge in [-0.05, 0) is 21.2 Å². The number of nitro groups is 1. The van der Waals surface area contributed by atoms with Crippen molar-refractivity contribution in [1.82, 2.24) is 4.98 Å². The van der Waals surface area contributed by atoms with Crippen molar-refractivity contribution in [2.75, 3.05) is 0 Å². The minimum Gasteiger partial charge on any atom is -0.357 e. The van der Waals surface area contributed by atoms with Crippen LogP contribution < -0.4 is 0 Å². The van der Waals surface area contributed by atoms with Gasteiger partial charge in [-0.2, -0.15) is 0 Å². The standard InChI is InChI=1S/C5H6N2O2S/c1-2-4-3-10-5(6-4)7(8)9/h3H,2H2,1H3.